The lowest BCUT2D eigenvalue weighted by atomic mass is 10.2. The highest BCUT2D eigenvalue weighted by molar-refractivity contribution is 7.92. The summed E-state index contributed by atoms with van der Waals surface area (Å²) in [7, 11) is -3.37. The maximum Gasteiger partial charge on any atom is 0.265 e. The number of ether oxygens (including phenoxy) is 1. The van der Waals surface area contributed by atoms with Crippen LogP contribution in [0.4, 0.5) is 11.4 Å². The van der Waals surface area contributed by atoms with Gasteiger partial charge in [-0.25, -0.2) is 8.42 Å². The van der Waals surface area contributed by atoms with Crippen LogP contribution in [0.25, 0.3) is 0 Å². The number of sulfonamides is 1. The van der Waals surface area contributed by atoms with Crippen LogP contribution in [0.15, 0.2) is 48.5 Å². The van der Waals surface area contributed by atoms with Crippen LogP contribution in [0.2, 0.25) is 0 Å². The molecule has 1 unspecified atom stereocenters. The molecular formula is C17H20N2O4S. The van der Waals surface area contributed by atoms with Gasteiger partial charge in [-0.05, 0) is 44.2 Å². The molecule has 2 N–H and O–H groups in total. The Balaban J connectivity index is 2.00. The largest absolute Gasteiger partial charge is 0.481 e. The van der Waals surface area contributed by atoms with Crippen LogP contribution >= 0.6 is 0 Å². The lowest BCUT2D eigenvalue weighted by Crippen LogP contribution is -2.30. The van der Waals surface area contributed by atoms with Crippen molar-refractivity contribution in [1.29, 1.82) is 0 Å². The highest BCUT2D eigenvalue weighted by Crippen LogP contribution is 2.18. The molecule has 0 heterocycles. The van der Waals surface area contributed by atoms with Crippen LogP contribution in [-0.4, -0.2) is 26.7 Å². The van der Waals surface area contributed by atoms with E-state index in [1.807, 2.05) is 19.1 Å². The summed E-state index contributed by atoms with van der Waals surface area (Å²) in [6.45, 7) is 3.62. The van der Waals surface area contributed by atoms with E-state index < -0.39 is 16.1 Å². The third-order valence-electron chi connectivity index (χ3n) is 3.14. The lowest BCUT2D eigenvalue weighted by molar-refractivity contribution is -0.122. The summed E-state index contributed by atoms with van der Waals surface area (Å²) in [6, 6.07) is 13.9. The molecule has 0 fully saturated rings. The fourth-order valence-corrected chi connectivity index (χ4v) is 2.55. The summed E-state index contributed by atoms with van der Waals surface area (Å²) < 4.78 is 30.5. The smallest absolute Gasteiger partial charge is 0.265 e. The van der Waals surface area contributed by atoms with Crippen molar-refractivity contribution in [3.63, 3.8) is 0 Å². The van der Waals surface area contributed by atoms with Gasteiger partial charge in [-0.2, -0.15) is 0 Å². The van der Waals surface area contributed by atoms with E-state index in [-0.39, 0.29) is 5.91 Å². The molecule has 0 bridgehead atoms. The molecule has 0 spiro atoms. The predicted octanol–water partition coefficient (Wildman–Crippen LogP) is 2.77. The molecule has 0 aliphatic heterocycles. The van der Waals surface area contributed by atoms with Crippen molar-refractivity contribution < 1.29 is 17.9 Å². The van der Waals surface area contributed by atoms with Crippen LogP contribution in [0, 0.1) is 6.92 Å². The van der Waals surface area contributed by atoms with Crippen molar-refractivity contribution in [3.8, 4) is 5.75 Å². The van der Waals surface area contributed by atoms with Gasteiger partial charge in [-0.1, -0.05) is 23.8 Å². The van der Waals surface area contributed by atoms with Gasteiger partial charge in [-0.3, -0.25) is 9.52 Å². The van der Waals surface area contributed by atoms with Crippen LogP contribution < -0.4 is 14.8 Å². The summed E-state index contributed by atoms with van der Waals surface area (Å²) >= 11 is 0. The van der Waals surface area contributed by atoms with E-state index in [4.69, 9.17) is 4.74 Å². The van der Waals surface area contributed by atoms with Crippen molar-refractivity contribution in [3.05, 3.63) is 54.1 Å². The van der Waals surface area contributed by atoms with E-state index in [9.17, 15) is 13.2 Å². The van der Waals surface area contributed by atoms with Gasteiger partial charge in [0.1, 0.15) is 5.75 Å². The maximum atomic E-state index is 12.2. The molecular weight excluding hydrogens is 328 g/mol. The normalized spacial score (nSPS) is 12.3. The molecule has 128 valence electrons. The molecule has 24 heavy (non-hydrogen) atoms. The molecule has 7 heteroatoms. The monoisotopic (exact) mass is 348 g/mol. The van der Waals surface area contributed by atoms with Gasteiger partial charge in [0, 0.05) is 5.69 Å². The van der Waals surface area contributed by atoms with Crippen molar-refractivity contribution in [2.75, 3.05) is 16.3 Å². The van der Waals surface area contributed by atoms with Gasteiger partial charge in [-0.15, -0.1) is 0 Å². The van der Waals surface area contributed by atoms with Gasteiger partial charge in [0.15, 0.2) is 6.10 Å². The number of hydrogen-bond acceptors (Lipinski definition) is 4. The van der Waals surface area contributed by atoms with E-state index in [0.29, 0.717) is 17.1 Å². The molecule has 0 aliphatic rings. The molecule has 0 aromatic heterocycles. The van der Waals surface area contributed by atoms with E-state index >= 15 is 0 Å². The number of nitrogens with one attached hydrogen (secondary N) is 2. The van der Waals surface area contributed by atoms with E-state index in [1.165, 1.54) is 6.07 Å². The quantitative estimate of drug-likeness (QED) is 0.841. The number of hydrogen-bond donors (Lipinski definition) is 2. The minimum absolute atomic E-state index is 0.327. The minimum atomic E-state index is -3.37. The fourth-order valence-electron chi connectivity index (χ4n) is 1.99. The Hall–Kier alpha value is -2.54. The predicted molar refractivity (Wildman–Crippen MR) is 94.8 cm³/mol. The second kappa shape index (κ2) is 7.35. The second-order valence-corrected chi connectivity index (χ2v) is 7.27. The van der Waals surface area contributed by atoms with Crippen LogP contribution in [-0.2, 0) is 14.8 Å². The van der Waals surface area contributed by atoms with Crippen molar-refractivity contribution in [2.45, 2.75) is 20.0 Å². The van der Waals surface area contributed by atoms with Gasteiger partial charge >= 0.3 is 0 Å². The maximum absolute atomic E-state index is 12.2. The molecule has 1 atom stereocenters. The molecule has 0 saturated heterocycles. The van der Waals surface area contributed by atoms with Crippen molar-refractivity contribution in [2.24, 2.45) is 0 Å². The first-order valence-electron chi connectivity index (χ1n) is 7.35. The number of amides is 1. The van der Waals surface area contributed by atoms with Gasteiger partial charge in [0.25, 0.3) is 5.91 Å². The average Bonchev–Trinajstić information content (AvgIpc) is 2.48. The summed E-state index contributed by atoms with van der Waals surface area (Å²) in [4.78, 5) is 12.2. The first-order valence-corrected chi connectivity index (χ1v) is 9.24. The number of rotatable bonds is 6. The van der Waals surface area contributed by atoms with E-state index in [2.05, 4.69) is 10.0 Å². The highest BCUT2D eigenvalue weighted by atomic mass is 32.2. The third kappa shape index (κ3) is 5.58. The molecule has 0 radical (unpaired) electrons. The standard InChI is InChI=1S/C17H20N2O4S/c1-12-7-9-16(10-8-12)23-13(2)17(20)18-14-5-4-6-15(11-14)19-24(3,21)22/h4-11,13,19H,1-3H3,(H,18,20). The Morgan fingerprint density at radius 2 is 1.71 bits per heavy atom. The van der Waals surface area contributed by atoms with Crippen molar-refractivity contribution in [1.82, 2.24) is 0 Å². The Bertz CT molecular complexity index is 817. The van der Waals surface area contributed by atoms with Crippen LogP contribution in [0.5, 0.6) is 5.75 Å². The van der Waals surface area contributed by atoms with Crippen LogP contribution in [0.1, 0.15) is 12.5 Å². The molecule has 0 aliphatic carbocycles. The number of carbonyl (C=O) groups is 1. The number of anilines is 2. The summed E-state index contributed by atoms with van der Waals surface area (Å²) in [5, 5.41) is 2.70. The third-order valence-corrected chi connectivity index (χ3v) is 3.74. The minimum Gasteiger partial charge on any atom is -0.481 e. The van der Waals surface area contributed by atoms with Gasteiger partial charge < -0.3 is 10.1 Å². The van der Waals surface area contributed by atoms with Crippen LogP contribution in [0.3, 0.4) is 0 Å². The number of aryl methyl sites for hydroxylation is 1. The second-order valence-electron chi connectivity index (χ2n) is 5.52. The Kier molecular flexibility index (Phi) is 5.46. The van der Waals surface area contributed by atoms with E-state index in [0.717, 1.165) is 11.8 Å². The van der Waals surface area contributed by atoms with E-state index in [1.54, 1.807) is 37.3 Å². The molecule has 6 nitrogen and oxygen atoms in total. The zero-order chi connectivity index (χ0) is 17.7. The zero-order valence-electron chi connectivity index (χ0n) is 13.7. The number of carbonyl (C=O) groups excluding carboxylic acids is 1. The molecule has 1 amide bonds. The molecule has 2 aromatic rings. The average molecular weight is 348 g/mol. The highest BCUT2D eigenvalue weighted by Gasteiger charge is 2.15. The Morgan fingerprint density at radius 1 is 1.08 bits per heavy atom. The zero-order valence-corrected chi connectivity index (χ0v) is 14.6. The number of benzene rings is 2. The van der Waals surface area contributed by atoms with Crippen molar-refractivity contribution >= 4 is 27.3 Å². The first kappa shape index (κ1) is 17.8. The summed E-state index contributed by atoms with van der Waals surface area (Å²) in [5.74, 6) is 0.280. The molecule has 0 saturated carbocycles. The Morgan fingerprint density at radius 3 is 2.33 bits per heavy atom. The first-order chi connectivity index (χ1) is 11.2. The summed E-state index contributed by atoms with van der Waals surface area (Å²) in [5.41, 5.74) is 1.96. The SMILES string of the molecule is Cc1ccc(OC(C)C(=O)Nc2cccc(NS(C)(=O)=O)c2)cc1. The van der Waals surface area contributed by atoms with Gasteiger partial charge in [0.05, 0.1) is 11.9 Å². The molecule has 2 rings (SSSR count). The molecule has 2 aromatic carbocycles. The van der Waals surface area contributed by atoms with Gasteiger partial charge in [0.2, 0.25) is 10.0 Å². The Labute approximate surface area is 141 Å². The fraction of sp³-hybridized carbons (Fsp3) is 0.235. The lowest BCUT2D eigenvalue weighted by Gasteiger charge is -2.15. The topological polar surface area (TPSA) is 84.5 Å². The summed E-state index contributed by atoms with van der Waals surface area (Å²) in [6.07, 6.45) is 0.370.